The Labute approximate surface area is 143 Å². The molecule has 1 aromatic carbocycles. The molecule has 0 unspecified atom stereocenters. The van der Waals surface area contributed by atoms with Crippen molar-refractivity contribution < 1.29 is 4.74 Å². The predicted octanol–water partition coefficient (Wildman–Crippen LogP) is 5.21. The third-order valence-electron chi connectivity index (χ3n) is 5.99. The molecule has 122 valence electrons. The van der Waals surface area contributed by atoms with E-state index < -0.39 is 0 Å². The van der Waals surface area contributed by atoms with Crippen LogP contribution in [-0.4, -0.2) is 24.5 Å². The first kappa shape index (κ1) is 16.2. The maximum atomic E-state index is 5.82. The number of hydrogen-bond acceptors (Lipinski definition) is 2. The van der Waals surface area contributed by atoms with Crippen LogP contribution in [0.5, 0.6) is 5.75 Å². The summed E-state index contributed by atoms with van der Waals surface area (Å²) in [4.78, 5) is 2.49. The molecule has 1 aliphatic heterocycles. The van der Waals surface area contributed by atoms with Crippen LogP contribution in [0.4, 0.5) is 5.69 Å². The Morgan fingerprint density at radius 3 is 2.82 bits per heavy atom. The number of fused-ring (bicyclic) bond motifs is 3. The smallest absolute Gasteiger partial charge is 0.121 e. The van der Waals surface area contributed by atoms with Gasteiger partial charge in [-0.25, -0.2) is 0 Å². The molecule has 1 fully saturated rings. The Hall–Kier alpha value is -0.700. The van der Waals surface area contributed by atoms with Gasteiger partial charge in [-0.1, -0.05) is 35.3 Å². The number of halogens is 1. The molecule has 2 nitrogen and oxygen atoms in total. The van der Waals surface area contributed by atoms with Crippen molar-refractivity contribution >= 4 is 21.6 Å². The van der Waals surface area contributed by atoms with Crippen LogP contribution in [0.3, 0.4) is 0 Å². The number of nitrogens with zero attached hydrogens (tertiary/aromatic N) is 1. The Kier molecular flexibility index (Phi) is 4.46. The first-order chi connectivity index (χ1) is 10.4. The van der Waals surface area contributed by atoms with Crippen molar-refractivity contribution in [2.75, 3.05) is 23.9 Å². The molecule has 0 aromatic heterocycles. The van der Waals surface area contributed by atoms with Crippen LogP contribution in [0.1, 0.15) is 51.5 Å². The van der Waals surface area contributed by atoms with Crippen LogP contribution >= 0.6 is 15.9 Å². The van der Waals surface area contributed by atoms with Gasteiger partial charge in [-0.2, -0.15) is 0 Å². The largest absolute Gasteiger partial charge is 0.493 e. The molecule has 2 aliphatic rings. The third-order valence-corrected chi connectivity index (χ3v) is 6.32. The van der Waals surface area contributed by atoms with Gasteiger partial charge in [-0.05, 0) is 56.1 Å². The third kappa shape index (κ3) is 2.66. The van der Waals surface area contributed by atoms with E-state index in [4.69, 9.17) is 4.74 Å². The summed E-state index contributed by atoms with van der Waals surface area (Å²) in [6.45, 7) is 7.95. The first-order valence-corrected chi connectivity index (χ1v) is 9.64. The zero-order chi connectivity index (χ0) is 15.9. The molecule has 0 bridgehead atoms. The second kappa shape index (κ2) is 6.07. The van der Waals surface area contributed by atoms with E-state index in [1.54, 1.807) is 0 Å². The van der Waals surface area contributed by atoms with Crippen molar-refractivity contribution in [2.45, 2.75) is 51.5 Å². The maximum Gasteiger partial charge on any atom is 0.121 e. The molecule has 3 heteroatoms. The van der Waals surface area contributed by atoms with E-state index in [2.05, 4.69) is 66.8 Å². The van der Waals surface area contributed by atoms with Gasteiger partial charge in [-0.3, -0.25) is 0 Å². The molecule has 0 saturated heterocycles. The topological polar surface area (TPSA) is 12.5 Å². The van der Waals surface area contributed by atoms with Gasteiger partial charge >= 0.3 is 0 Å². The van der Waals surface area contributed by atoms with Crippen molar-refractivity contribution in [3.63, 3.8) is 0 Å². The Morgan fingerprint density at radius 2 is 2.09 bits per heavy atom. The molecule has 0 spiro atoms. The maximum absolute atomic E-state index is 5.82. The molecule has 1 aliphatic carbocycles. The van der Waals surface area contributed by atoms with E-state index in [0.717, 1.165) is 29.5 Å². The Balaban J connectivity index is 2.00. The molecule has 0 radical (unpaired) electrons. The van der Waals surface area contributed by atoms with Crippen molar-refractivity contribution in [1.29, 1.82) is 0 Å². The standard InChI is InChI=1S/C19H28BrNO/c1-13-5-8-17-16(11-13)15-7-6-14(22-10-9-20)12-18(15)21(4)19(17,2)3/h6-7,12-13,16-17H,5,8-11H2,1-4H3/t13-,16+,17-/m1/s1. The summed E-state index contributed by atoms with van der Waals surface area (Å²) >= 11 is 3.43. The van der Waals surface area contributed by atoms with Gasteiger partial charge in [0, 0.05) is 29.7 Å². The minimum Gasteiger partial charge on any atom is -0.493 e. The van der Waals surface area contributed by atoms with E-state index in [9.17, 15) is 0 Å². The van der Waals surface area contributed by atoms with Crippen molar-refractivity contribution in [3.8, 4) is 5.75 Å². The summed E-state index contributed by atoms with van der Waals surface area (Å²) in [6.07, 6.45) is 4.06. The first-order valence-electron chi connectivity index (χ1n) is 8.51. The average molecular weight is 366 g/mol. The van der Waals surface area contributed by atoms with E-state index >= 15 is 0 Å². The second-order valence-electron chi connectivity index (χ2n) is 7.60. The minimum atomic E-state index is 0.214. The van der Waals surface area contributed by atoms with Crippen LogP contribution < -0.4 is 9.64 Å². The zero-order valence-corrected chi connectivity index (χ0v) is 15.8. The van der Waals surface area contributed by atoms with Crippen LogP contribution in [0.2, 0.25) is 0 Å². The fraction of sp³-hybridized carbons (Fsp3) is 0.684. The van der Waals surface area contributed by atoms with Crippen LogP contribution in [0.25, 0.3) is 0 Å². The number of hydrogen-bond donors (Lipinski definition) is 0. The average Bonchev–Trinajstić information content (AvgIpc) is 2.50. The lowest BCUT2D eigenvalue weighted by Crippen LogP contribution is -2.54. The second-order valence-corrected chi connectivity index (χ2v) is 8.39. The highest BCUT2D eigenvalue weighted by Crippen LogP contribution is 2.54. The van der Waals surface area contributed by atoms with E-state index in [1.165, 1.54) is 30.5 Å². The highest BCUT2D eigenvalue weighted by Gasteiger charge is 2.46. The van der Waals surface area contributed by atoms with Gasteiger partial charge in [0.25, 0.3) is 0 Å². The molecule has 0 N–H and O–H groups in total. The number of alkyl halides is 1. The van der Waals surface area contributed by atoms with Gasteiger partial charge in [0.1, 0.15) is 5.75 Å². The van der Waals surface area contributed by atoms with Gasteiger partial charge < -0.3 is 9.64 Å². The van der Waals surface area contributed by atoms with E-state index in [1.807, 2.05) is 0 Å². The van der Waals surface area contributed by atoms with Crippen LogP contribution in [0.15, 0.2) is 18.2 Å². The fourth-order valence-electron chi connectivity index (χ4n) is 4.50. The summed E-state index contributed by atoms with van der Waals surface area (Å²) in [6, 6.07) is 6.72. The lowest BCUT2D eigenvalue weighted by Gasteiger charge is -2.54. The lowest BCUT2D eigenvalue weighted by molar-refractivity contribution is 0.157. The molecule has 3 atom stereocenters. The fourth-order valence-corrected chi connectivity index (χ4v) is 4.66. The van der Waals surface area contributed by atoms with E-state index in [-0.39, 0.29) is 5.54 Å². The molecule has 1 aromatic rings. The number of benzene rings is 1. The van der Waals surface area contributed by atoms with Crippen molar-refractivity contribution in [3.05, 3.63) is 23.8 Å². The molecule has 22 heavy (non-hydrogen) atoms. The molecular weight excluding hydrogens is 338 g/mol. The van der Waals surface area contributed by atoms with Crippen LogP contribution in [-0.2, 0) is 0 Å². The Bertz CT molecular complexity index is 542. The van der Waals surface area contributed by atoms with Gasteiger partial charge in [-0.15, -0.1) is 0 Å². The summed E-state index contributed by atoms with van der Waals surface area (Å²) in [5, 5.41) is 0.869. The molecule has 1 saturated carbocycles. The lowest BCUT2D eigenvalue weighted by atomic mass is 9.62. The molecule has 3 rings (SSSR count). The van der Waals surface area contributed by atoms with Crippen molar-refractivity contribution in [2.24, 2.45) is 11.8 Å². The monoisotopic (exact) mass is 365 g/mol. The van der Waals surface area contributed by atoms with Gasteiger partial charge in [0.15, 0.2) is 0 Å². The van der Waals surface area contributed by atoms with Gasteiger partial charge in [0.2, 0.25) is 0 Å². The predicted molar refractivity (Wildman–Crippen MR) is 97.5 cm³/mol. The minimum absolute atomic E-state index is 0.214. The quantitative estimate of drug-likeness (QED) is 0.681. The SMILES string of the molecule is C[C@@H]1CC[C@@H]2[C@@H](C1)c1ccc(OCCBr)cc1N(C)C2(C)C. The summed E-state index contributed by atoms with van der Waals surface area (Å²) in [7, 11) is 2.25. The Morgan fingerprint density at radius 1 is 1.32 bits per heavy atom. The van der Waals surface area contributed by atoms with E-state index in [0.29, 0.717) is 5.92 Å². The molecule has 1 heterocycles. The highest BCUT2D eigenvalue weighted by atomic mass is 79.9. The zero-order valence-electron chi connectivity index (χ0n) is 14.2. The number of rotatable bonds is 3. The number of ether oxygens (including phenoxy) is 1. The summed E-state index contributed by atoms with van der Waals surface area (Å²) < 4.78 is 5.82. The molecule has 0 amide bonds. The molecular formula is C19H28BrNO. The normalized spacial score (nSPS) is 29.7. The summed E-state index contributed by atoms with van der Waals surface area (Å²) in [5.41, 5.74) is 3.11. The van der Waals surface area contributed by atoms with Gasteiger partial charge in [0.05, 0.1) is 6.61 Å². The summed E-state index contributed by atoms with van der Waals surface area (Å²) in [5.74, 6) is 3.30. The number of anilines is 1. The van der Waals surface area contributed by atoms with Crippen molar-refractivity contribution in [1.82, 2.24) is 0 Å². The highest BCUT2D eigenvalue weighted by molar-refractivity contribution is 9.09. The van der Waals surface area contributed by atoms with Crippen LogP contribution in [0, 0.1) is 11.8 Å².